The number of aromatic nitrogens is 3. The minimum absolute atomic E-state index is 0.0704. The molecule has 2 amide bonds. The molecule has 0 aliphatic rings. The predicted octanol–water partition coefficient (Wildman–Crippen LogP) is 4.52. The van der Waals surface area contributed by atoms with Crippen molar-refractivity contribution in [3.05, 3.63) is 64.4 Å². The largest absolute Gasteiger partial charge is 0.326 e. The first-order valence-electron chi connectivity index (χ1n) is 9.10. The van der Waals surface area contributed by atoms with Gasteiger partial charge in [-0.05, 0) is 55.5 Å². The van der Waals surface area contributed by atoms with Gasteiger partial charge in [-0.3, -0.25) is 9.59 Å². The summed E-state index contributed by atoms with van der Waals surface area (Å²) in [5.74, 6) is 0.314. The van der Waals surface area contributed by atoms with Gasteiger partial charge in [0.15, 0.2) is 5.16 Å². The number of benzene rings is 2. The summed E-state index contributed by atoms with van der Waals surface area (Å²) in [5, 5.41) is 15.6. The highest BCUT2D eigenvalue weighted by molar-refractivity contribution is 7.99. The zero-order valence-electron chi connectivity index (χ0n) is 16.1. The monoisotopic (exact) mass is 463 g/mol. The Balaban J connectivity index is 1.56. The maximum Gasteiger partial charge on any atom is 0.234 e. The first-order valence-corrected chi connectivity index (χ1v) is 10.8. The first-order chi connectivity index (χ1) is 14.4. The van der Waals surface area contributed by atoms with E-state index in [0.717, 1.165) is 0 Å². The van der Waals surface area contributed by atoms with Crippen molar-refractivity contribution >= 4 is 58.2 Å². The molecule has 2 N–H and O–H groups in total. The van der Waals surface area contributed by atoms with Crippen molar-refractivity contribution < 1.29 is 9.59 Å². The molecule has 1 aromatic heterocycles. The molecular weight excluding hydrogens is 445 g/mol. The van der Waals surface area contributed by atoms with Crippen molar-refractivity contribution in [2.75, 3.05) is 16.4 Å². The molecule has 0 saturated heterocycles. The second kappa shape index (κ2) is 10.5. The Kier molecular flexibility index (Phi) is 7.73. The van der Waals surface area contributed by atoms with Crippen LogP contribution >= 0.6 is 35.0 Å². The molecule has 0 saturated carbocycles. The average Bonchev–Trinajstić information content (AvgIpc) is 3.11. The number of hydrogen-bond donors (Lipinski definition) is 2. The van der Waals surface area contributed by atoms with Gasteiger partial charge in [-0.2, -0.15) is 0 Å². The fourth-order valence-electron chi connectivity index (χ4n) is 2.62. The molecule has 0 bridgehead atoms. The van der Waals surface area contributed by atoms with Gasteiger partial charge in [0.2, 0.25) is 11.8 Å². The van der Waals surface area contributed by atoms with Gasteiger partial charge in [0.05, 0.1) is 12.2 Å². The fourth-order valence-corrected chi connectivity index (χ4v) is 3.69. The number of amides is 2. The molecule has 0 radical (unpaired) electrons. The molecule has 3 aromatic rings. The normalized spacial score (nSPS) is 10.6. The van der Waals surface area contributed by atoms with E-state index in [9.17, 15) is 9.59 Å². The van der Waals surface area contributed by atoms with Gasteiger partial charge >= 0.3 is 0 Å². The van der Waals surface area contributed by atoms with Crippen LogP contribution in [0.15, 0.2) is 53.7 Å². The summed E-state index contributed by atoms with van der Waals surface area (Å²) in [5.41, 5.74) is 1.32. The number of anilines is 2. The van der Waals surface area contributed by atoms with Gasteiger partial charge in [-0.1, -0.05) is 35.0 Å². The summed E-state index contributed by atoms with van der Waals surface area (Å²) in [6.45, 7) is 2.51. The van der Waals surface area contributed by atoms with Crippen LogP contribution in [0.5, 0.6) is 0 Å². The van der Waals surface area contributed by atoms with Crippen LogP contribution in [0.4, 0.5) is 11.4 Å². The van der Waals surface area contributed by atoms with Crippen LogP contribution in [0.3, 0.4) is 0 Å². The summed E-state index contributed by atoms with van der Waals surface area (Å²) < 4.78 is 1.82. The zero-order valence-corrected chi connectivity index (χ0v) is 18.4. The van der Waals surface area contributed by atoms with Gasteiger partial charge < -0.3 is 15.2 Å². The highest BCUT2D eigenvalue weighted by Gasteiger charge is 2.16. The Morgan fingerprint density at radius 2 is 1.43 bits per heavy atom. The van der Waals surface area contributed by atoms with E-state index in [2.05, 4.69) is 20.8 Å². The summed E-state index contributed by atoms with van der Waals surface area (Å²) in [4.78, 5) is 24.5. The van der Waals surface area contributed by atoms with E-state index >= 15 is 0 Å². The highest BCUT2D eigenvalue weighted by atomic mass is 35.5. The lowest BCUT2D eigenvalue weighted by Gasteiger charge is -2.08. The molecule has 10 heteroatoms. The maximum atomic E-state index is 12.3. The lowest BCUT2D eigenvalue weighted by Crippen LogP contribution is -2.18. The summed E-state index contributed by atoms with van der Waals surface area (Å²) in [6, 6.07) is 13.7. The van der Waals surface area contributed by atoms with E-state index < -0.39 is 0 Å². The smallest absolute Gasteiger partial charge is 0.234 e. The molecule has 0 unspecified atom stereocenters. The molecule has 0 aliphatic carbocycles. The third kappa shape index (κ3) is 6.22. The third-order valence-electron chi connectivity index (χ3n) is 4.02. The van der Waals surface area contributed by atoms with Crippen LogP contribution in [0.25, 0.3) is 0 Å². The van der Waals surface area contributed by atoms with Crippen molar-refractivity contribution in [2.45, 2.75) is 25.0 Å². The standard InChI is InChI=1S/C20H19Cl2N5O2S/c1-2-27-17(11-18(28)23-15-7-3-13(21)4-8-15)25-26-20(27)30-12-19(29)24-16-9-5-14(22)6-10-16/h3-10H,2,11-12H2,1H3,(H,23,28)(H,24,29). The lowest BCUT2D eigenvalue weighted by atomic mass is 10.3. The van der Waals surface area contributed by atoms with E-state index in [0.29, 0.717) is 38.9 Å². The van der Waals surface area contributed by atoms with Crippen LogP contribution in [0.1, 0.15) is 12.7 Å². The minimum Gasteiger partial charge on any atom is -0.326 e. The Morgan fingerprint density at radius 3 is 1.97 bits per heavy atom. The number of thioether (sulfide) groups is 1. The number of carbonyl (C=O) groups excluding carboxylic acids is 2. The number of halogens is 2. The molecule has 1 heterocycles. The van der Waals surface area contributed by atoms with Crippen LogP contribution in [0.2, 0.25) is 10.0 Å². The van der Waals surface area contributed by atoms with Gasteiger partial charge in [-0.15, -0.1) is 10.2 Å². The van der Waals surface area contributed by atoms with Crippen LogP contribution < -0.4 is 10.6 Å². The van der Waals surface area contributed by atoms with E-state index in [4.69, 9.17) is 23.2 Å². The van der Waals surface area contributed by atoms with Crippen molar-refractivity contribution in [1.82, 2.24) is 14.8 Å². The second-order valence-corrected chi connectivity index (χ2v) is 8.03. The van der Waals surface area contributed by atoms with E-state index in [-0.39, 0.29) is 24.0 Å². The summed E-state index contributed by atoms with van der Waals surface area (Å²) in [6.07, 6.45) is 0.0704. The van der Waals surface area contributed by atoms with Gasteiger partial charge in [0.1, 0.15) is 5.82 Å². The topological polar surface area (TPSA) is 88.9 Å². The maximum absolute atomic E-state index is 12.3. The summed E-state index contributed by atoms with van der Waals surface area (Å²) >= 11 is 13.0. The van der Waals surface area contributed by atoms with Crippen molar-refractivity contribution in [3.8, 4) is 0 Å². The molecule has 0 atom stereocenters. The van der Waals surface area contributed by atoms with Gasteiger partial charge in [0.25, 0.3) is 0 Å². The molecule has 30 heavy (non-hydrogen) atoms. The Hall–Kier alpha value is -2.55. The summed E-state index contributed by atoms with van der Waals surface area (Å²) in [7, 11) is 0. The van der Waals surface area contributed by atoms with Crippen molar-refractivity contribution in [3.63, 3.8) is 0 Å². The molecule has 3 rings (SSSR count). The van der Waals surface area contributed by atoms with E-state index in [1.165, 1.54) is 11.8 Å². The molecule has 0 aliphatic heterocycles. The van der Waals surface area contributed by atoms with E-state index in [1.807, 2.05) is 11.5 Å². The van der Waals surface area contributed by atoms with Gasteiger partial charge in [-0.25, -0.2) is 0 Å². The number of hydrogen-bond acceptors (Lipinski definition) is 5. The van der Waals surface area contributed by atoms with Crippen molar-refractivity contribution in [2.24, 2.45) is 0 Å². The molecule has 7 nitrogen and oxygen atoms in total. The average molecular weight is 464 g/mol. The highest BCUT2D eigenvalue weighted by Crippen LogP contribution is 2.19. The molecule has 156 valence electrons. The molecule has 0 fully saturated rings. The Labute approximate surface area is 188 Å². The lowest BCUT2D eigenvalue weighted by molar-refractivity contribution is -0.116. The SMILES string of the molecule is CCn1c(CC(=O)Nc2ccc(Cl)cc2)nnc1SCC(=O)Nc1ccc(Cl)cc1. The molecule has 2 aromatic carbocycles. The fraction of sp³-hybridized carbons (Fsp3) is 0.200. The Morgan fingerprint density at radius 1 is 0.900 bits per heavy atom. The minimum atomic E-state index is -0.212. The quantitative estimate of drug-likeness (QED) is 0.479. The van der Waals surface area contributed by atoms with Crippen LogP contribution in [0, 0.1) is 0 Å². The number of nitrogens with one attached hydrogen (secondary N) is 2. The van der Waals surface area contributed by atoms with Gasteiger partial charge in [0, 0.05) is 28.0 Å². The number of nitrogens with zero attached hydrogens (tertiary/aromatic N) is 3. The van der Waals surface area contributed by atoms with Crippen molar-refractivity contribution in [1.29, 1.82) is 0 Å². The van der Waals surface area contributed by atoms with E-state index in [1.54, 1.807) is 48.5 Å². The molecule has 0 spiro atoms. The van der Waals surface area contributed by atoms with Crippen LogP contribution in [-0.4, -0.2) is 32.3 Å². The third-order valence-corrected chi connectivity index (χ3v) is 5.49. The Bertz CT molecular complexity index is 1020. The first kappa shape index (κ1) is 22.1. The predicted molar refractivity (Wildman–Crippen MR) is 120 cm³/mol. The van der Waals surface area contributed by atoms with Crippen LogP contribution in [-0.2, 0) is 22.6 Å². The second-order valence-electron chi connectivity index (χ2n) is 6.22. The molecular formula is C20H19Cl2N5O2S. The zero-order chi connectivity index (χ0) is 21.5. The number of carbonyl (C=O) groups is 2. The number of rotatable bonds is 8.